The molecule has 1 aromatic rings. The molecule has 0 saturated carbocycles. The fourth-order valence-electron chi connectivity index (χ4n) is 1.29. The Morgan fingerprint density at radius 1 is 1.56 bits per heavy atom. The highest BCUT2D eigenvalue weighted by atomic mass is 16.5. The van der Waals surface area contributed by atoms with Gasteiger partial charge in [0, 0.05) is 0 Å². The van der Waals surface area contributed by atoms with E-state index in [9.17, 15) is 0 Å². The van der Waals surface area contributed by atoms with Crippen LogP contribution in [0.15, 0.2) is 23.4 Å². The summed E-state index contributed by atoms with van der Waals surface area (Å²) in [6.07, 6.45) is 1.01. The minimum atomic E-state index is 0.0679. The minimum Gasteiger partial charge on any atom is -0.490 e. The maximum absolute atomic E-state index is 8.68. The van der Waals surface area contributed by atoms with Gasteiger partial charge in [-0.25, -0.2) is 0 Å². The van der Waals surface area contributed by atoms with E-state index in [1.54, 1.807) is 6.07 Å². The van der Waals surface area contributed by atoms with Crippen LogP contribution in [0.5, 0.6) is 5.75 Å². The highest BCUT2D eigenvalue weighted by Crippen LogP contribution is 2.22. The molecule has 0 spiro atoms. The maximum Gasteiger partial charge on any atom is 0.173 e. The van der Waals surface area contributed by atoms with Crippen LogP contribution in [0.4, 0.5) is 0 Å². The summed E-state index contributed by atoms with van der Waals surface area (Å²) in [5.74, 6) is 0.725. The average Bonchev–Trinajstić information content (AvgIpc) is 2.28. The number of amidine groups is 1. The van der Waals surface area contributed by atoms with E-state index in [4.69, 9.17) is 15.7 Å². The number of hydrogen-bond acceptors (Lipinski definition) is 3. The minimum absolute atomic E-state index is 0.0679. The standard InChI is InChI=1S/C12H18N2O2/c1-4-9(3)16-11-7-8(2)5-6-10(11)12(13)14-15/h5-7,9,15H,4H2,1-3H3,(H2,13,14). The van der Waals surface area contributed by atoms with Gasteiger partial charge in [0.2, 0.25) is 0 Å². The Kier molecular flexibility index (Phi) is 4.17. The Morgan fingerprint density at radius 2 is 2.25 bits per heavy atom. The van der Waals surface area contributed by atoms with Gasteiger partial charge in [-0.05, 0) is 38.0 Å². The molecule has 0 aliphatic heterocycles. The van der Waals surface area contributed by atoms with Gasteiger partial charge in [-0.15, -0.1) is 0 Å². The summed E-state index contributed by atoms with van der Waals surface area (Å²) >= 11 is 0. The van der Waals surface area contributed by atoms with Crippen molar-refractivity contribution < 1.29 is 9.94 Å². The fourth-order valence-corrected chi connectivity index (χ4v) is 1.29. The molecule has 4 heteroatoms. The first kappa shape index (κ1) is 12.4. The molecule has 0 amide bonds. The second-order valence-electron chi connectivity index (χ2n) is 3.82. The molecule has 0 bridgehead atoms. The van der Waals surface area contributed by atoms with Gasteiger partial charge in [0.15, 0.2) is 5.84 Å². The second kappa shape index (κ2) is 5.39. The lowest BCUT2D eigenvalue weighted by molar-refractivity contribution is 0.216. The van der Waals surface area contributed by atoms with Gasteiger partial charge < -0.3 is 15.7 Å². The summed E-state index contributed by atoms with van der Waals surface area (Å²) in [6.45, 7) is 6.00. The van der Waals surface area contributed by atoms with E-state index in [-0.39, 0.29) is 11.9 Å². The number of aryl methyl sites for hydroxylation is 1. The molecule has 4 nitrogen and oxygen atoms in total. The fraction of sp³-hybridized carbons (Fsp3) is 0.417. The number of benzene rings is 1. The summed E-state index contributed by atoms with van der Waals surface area (Å²) < 4.78 is 5.73. The molecule has 1 atom stereocenters. The number of hydrogen-bond donors (Lipinski definition) is 2. The lowest BCUT2D eigenvalue weighted by atomic mass is 10.1. The zero-order valence-electron chi connectivity index (χ0n) is 9.90. The highest BCUT2D eigenvalue weighted by molar-refractivity contribution is 5.99. The lowest BCUT2D eigenvalue weighted by Crippen LogP contribution is -2.18. The van der Waals surface area contributed by atoms with Crippen molar-refractivity contribution in [2.24, 2.45) is 10.9 Å². The number of rotatable bonds is 4. The predicted molar refractivity (Wildman–Crippen MR) is 64.1 cm³/mol. The van der Waals surface area contributed by atoms with E-state index < -0.39 is 0 Å². The van der Waals surface area contributed by atoms with Gasteiger partial charge in [-0.3, -0.25) is 0 Å². The second-order valence-corrected chi connectivity index (χ2v) is 3.82. The zero-order chi connectivity index (χ0) is 12.1. The average molecular weight is 222 g/mol. The number of ether oxygens (including phenoxy) is 1. The van der Waals surface area contributed by atoms with Crippen molar-refractivity contribution >= 4 is 5.84 Å². The maximum atomic E-state index is 8.68. The van der Waals surface area contributed by atoms with Gasteiger partial charge in [0.25, 0.3) is 0 Å². The topological polar surface area (TPSA) is 67.8 Å². The highest BCUT2D eigenvalue weighted by Gasteiger charge is 2.10. The zero-order valence-corrected chi connectivity index (χ0v) is 9.90. The van der Waals surface area contributed by atoms with Crippen molar-refractivity contribution in [3.05, 3.63) is 29.3 Å². The summed E-state index contributed by atoms with van der Waals surface area (Å²) in [5.41, 5.74) is 7.28. The van der Waals surface area contributed by atoms with Crippen LogP contribution in [0.1, 0.15) is 31.4 Å². The van der Waals surface area contributed by atoms with Crippen LogP contribution >= 0.6 is 0 Å². The molecule has 0 radical (unpaired) electrons. The molecule has 0 saturated heterocycles. The van der Waals surface area contributed by atoms with Crippen molar-refractivity contribution in [2.45, 2.75) is 33.3 Å². The third-order valence-electron chi connectivity index (χ3n) is 2.42. The molecule has 0 aliphatic rings. The SMILES string of the molecule is CCC(C)Oc1cc(C)ccc1C(N)=NO. The number of nitrogens with two attached hydrogens (primary N) is 1. The Bertz CT molecular complexity index is 389. The van der Waals surface area contributed by atoms with Crippen molar-refractivity contribution in [2.75, 3.05) is 0 Å². The molecule has 0 aromatic heterocycles. The first-order chi connectivity index (χ1) is 7.58. The van der Waals surface area contributed by atoms with E-state index in [0.29, 0.717) is 11.3 Å². The largest absolute Gasteiger partial charge is 0.490 e. The van der Waals surface area contributed by atoms with Crippen molar-refractivity contribution in [3.63, 3.8) is 0 Å². The van der Waals surface area contributed by atoms with Crippen LogP contribution in [0.25, 0.3) is 0 Å². The quantitative estimate of drug-likeness (QED) is 0.355. The Labute approximate surface area is 95.7 Å². The molecule has 1 rings (SSSR count). The molecule has 0 heterocycles. The molecule has 3 N–H and O–H groups in total. The van der Waals surface area contributed by atoms with E-state index in [1.807, 2.05) is 32.9 Å². The molecular weight excluding hydrogens is 204 g/mol. The van der Waals surface area contributed by atoms with Crippen LogP contribution in [0, 0.1) is 6.92 Å². The van der Waals surface area contributed by atoms with Crippen LogP contribution in [-0.2, 0) is 0 Å². The molecular formula is C12H18N2O2. The number of nitrogens with zero attached hydrogens (tertiary/aromatic N) is 1. The van der Waals surface area contributed by atoms with Crippen LogP contribution in [0.2, 0.25) is 0 Å². The Hall–Kier alpha value is -1.71. The summed E-state index contributed by atoms with van der Waals surface area (Å²) in [4.78, 5) is 0. The summed E-state index contributed by atoms with van der Waals surface area (Å²) in [7, 11) is 0. The van der Waals surface area contributed by atoms with Crippen molar-refractivity contribution in [1.29, 1.82) is 0 Å². The van der Waals surface area contributed by atoms with Crippen LogP contribution in [0.3, 0.4) is 0 Å². The summed E-state index contributed by atoms with van der Waals surface area (Å²) in [5, 5.41) is 11.7. The van der Waals surface area contributed by atoms with E-state index in [2.05, 4.69) is 5.16 Å². The molecule has 1 unspecified atom stereocenters. The molecule has 0 fully saturated rings. The van der Waals surface area contributed by atoms with E-state index >= 15 is 0 Å². The molecule has 0 aliphatic carbocycles. The van der Waals surface area contributed by atoms with Crippen LogP contribution < -0.4 is 10.5 Å². The van der Waals surface area contributed by atoms with Gasteiger partial charge in [-0.1, -0.05) is 18.1 Å². The lowest BCUT2D eigenvalue weighted by Gasteiger charge is -2.16. The molecule has 16 heavy (non-hydrogen) atoms. The molecule has 88 valence electrons. The third-order valence-corrected chi connectivity index (χ3v) is 2.42. The van der Waals surface area contributed by atoms with Gasteiger partial charge in [0.05, 0.1) is 11.7 Å². The van der Waals surface area contributed by atoms with Crippen molar-refractivity contribution in [3.8, 4) is 5.75 Å². The van der Waals surface area contributed by atoms with Crippen LogP contribution in [-0.4, -0.2) is 17.1 Å². The summed E-state index contributed by atoms with van der Waals surface area (Å²) in [6, 6.07) is 5.58. The Morgan fingerprint density at radius 3 is 2.81 bits per heavy atom. The van der Waals surface area contributed by atoms with E-state index in [1.165, 1.54) is 0 Å². The number of oxime groups is 1. The van der Waals surface area contributed by atoms with Gasteiger partial charge in [-0.2, -0.15) is 0 Å². The normalized spacial score (nSPS) is 13.6. The molecule has 1 aromatic carbocycles. The van der Waals surface area contributed by atoms with Gasteiger partial charge in [0.1, 0.15) is 5.75 Å². The monoisotopic (exact) mass is 222 g/mol. The Balaban J connectivity index is 3.08. The van der Waals surface area contributed by atoms with E-state index in [0.717, 1.165) is 12.0 Å². The smallest absolute Gasteiger partial charge is 0.173 e. The first-order valence-corrected chi connectivity index (χ1v) is 5.33. The predicted octanol–water partition coefficient (Wildman–Crippen LogP) is 2.27. The third kappa shape index (κ3) is 2.89. The first-order valence-electron chi connectivity index (χ1n) is 5.33. The van der Waals surface area contributed by atoms with Crippen molar-refractivity contribution in [1.82, 2.24) is 0 Å². The van der Waals surface area contributed by atoms with Gasteiger partial charge >= 0.3 is 0 Å².